The van der Waals surface area contributed by atoms with Crippen molar-refractivity contribution in [1.29, 1.82) is 0 Å². The van der Waals surface area contributed by atoms with Gasteiger partial charge in [0.25, 0.3) is 0 Å². The molecule has 0 bridgehead atoms. The Kier molecular flexibility index (Phi) is 6.64. The van der Waals surface area contributed by atoms with E-state index in [9.17, 15) is 4.79 Å². The molecule has 0 heterocycles. The van der Waals surface area contributed by atoms with Crippen LogP contribution in [0.3, 0.4) is 0 Å². The Morgan fingerprint density at radius 1 is 0.926 bits per heavy atom. The van der Waals surface area contributed by atoms with Gasteiger partial charge in [-0.1, -0.05) is 72.3 Å². The van der Waals surface area contributed by atoms with E-state index in [4.69, 9.17) is 11.6 Å². The van der Waals surface area contributed by atoms with Crippen molar-refractivity contribution in [3.05, 3.63) is 101 Å². The Morgan fingerprint density at radius 2 is 1.59 bits per heavy atom. The molecule has 0 fully saturated rings. The number of carbonyl (C=O) groups excluding carboxylic acids is 1. The van der Waals surface area contributed by atoms with E-state index in [0.29, 0.717) is 5.02 Å². The highest BCUT2D eigenvalue weighted by atomic mass is 35.5. The minimum absolute atomic E-state index is 0.0590. The molecule has 0 unspecified atom stereocenters. The molecule has 0 aliphatic rings. The van der Waals surface area contributed by atoms with Crippen molar-refractivity contribution in [2.24, 2.45) is 0 Å². The van der Waals surface area contributed by atoms with Gasteiger partial charge in [-0.3, -0.25) is 4.79 Å². The summed E-state index contributed by atoms with van der Waals surface area (Å²) in [6.07, 6.45) is 0.784. The topological polar surface area (TPSA) is 41.1 Å². The van der Waals surface area contributed by atoms with Crippen molar-refractivity contribution in [1.82, 2.24) is 5.32 Å². The number of anilines is 1. The molecule has 138 valence electrons. The first kappa shape index (κ1) is 19.2. The van der Waals surface area contributed by atoms with Crippen molar-refractivity contribution in [3.8, 4) is 0 Å². The number of hydrogen-bond donors (Lipinski definition) is 2. The predicted molar refractivity (Wildman–Crippen MR) is 112 cm³/mol. The van der Waals surface area contributed by atoms with E-state index in [1.54, 1.807) is 0 Å². The quantitative estimate of drug-likeness (QED) is 0.591. The van der Waals surface area contributed by atoms with Crippen LogP contribution in [0.4, 0.5) is 5.69 Å². The van der Waals surface area contributed by atoms with Crippen LogP contribution in [0.15, 0.2) is 78.9 Å². The zero-order chi connectivity index (χ0) is 19.1. The molecule has 3 aromatic carbocycles. The Bertz CT molecular complexity index is 878. The fraction of sp³-hybridized carbons (Fsp3) is 0.174. The average Bonchev–Trinajstić information content (AvgIpc) is 2.69. The fourth-order valence-corrected chi connectivity index (χ4v) is 3.05. The maximum absolute atomic E-state index is 12.4. The number of nitrogens with one attached hydrogen (secondary N) is 2. The molecule has 0 aliphatic carbocycles. The summed E-state index contributed by atoms with van der Waals surface area (Å²) in [6, 6.07) is 25.9. The molecular formula is C23H23ClN2O. The average molecular weight is 379 g/mol. The Morgan fingerprint density at radius 3 is 2.33 bits per heavy atom. The number of carbonyl (C=O) groups is 1. The first-order valence-corrected chi connectivity index (χ1v) is 9.40. The highest BCUT2D eigenvalue weighted by Gasteiger charge is 2.10. The van der Waals surface area contributed by atoms with E-state index in [-0.39, 0.29) is 18.5 Å². The molecule has 0 spiro atoms. The first-order chi connectivity index (χ1) is 13.1. The van der Waals surface area contributed by atoms with Gasteiger partial charge in [-0.05, 0) is 48.2 Å². The predicted octanol–water partition coefficient (Wildman–Crippen LogP) is 5.22. The van der Waals surface area contributed by atoms with Crippen LogP contribution in [0.2, 0.25) is 5.02 Å². The molecule has 0 radical (unpaired) electrons. The minimum atomic E-state index is -0.0590. The van der Waals surface area contributed by atoms with Crippen LogP contribution in [-0.4, -0.2) is 12.5 Å². The van der Waals surface area contributed by atoms with Gasteiger partial charge in [0.1, 0.15) is 0 Å². The van der Waals surface area contributed by atoms with Crippen LogP contribution < -0.4 is 10.6 Å². The van der Waals surface area contributed by atoms with Gasteiger partial charge in [0.2, 0.25) is 5.91 Å². The largest absolute Gasteiger partial charge is 0.325 e. The van der Waals surface area contributed by atoms with Crippen LogP contribution in [0, 0.1) is 0 Å². The van der Waals surface area contributed by atoms with Crippen molar-refractivity contribution in [2.75, 3.05) is 11.9 Å². The summed E-state index contributed by atoms with van der Waals surface area (Å²) in [7, 11) is 0. The smallest absolute Gasteiger partial charge is 0.238 e. The van der Waals surface area contributed by atoms with E-state index >= 15 is 0 Å². The standard InChI is InChI=1S/C23H23ClN2O/c1-17(19-11-13-21(24)14-12-19)25-16-23(27)26-22-10-6-5-9-20(22)15-18-7-3-2-4-8-18/h2-14,17,25H,15-16H2,1H3,(H,26,27)/t17-/m1/s1. The fourth-order valence-electron chi connectivity index (χ4n) is 2.92. The molecule has 0 saturated carbocycles. The molecular weight excluding hydrogens is 356 g/mol. The Balaban J connectivity index is 1.58. The number of amides is 1. The zero-order valence-corrected chi connectivity index (χ0v) is 16.0. The van der Waals surface area contributed by atoms with E-state index in [1.165, 1.54) is 5.56 Å². The number of rotatable bonds is 7. The van der Waals surface area contributed by atoms with Gasteiger partial charge in [0.05, 0.1) is 6.54 Å². The lowest BCUT2D eigenvalue weighted by atomic mass is 10.0. The van der Waals surface area contributed by atoms with Gasteiger partial charge in [-0.25, -0.2) is 0 Å². The van der Waals surface area contributed by atoms with E-state index in [0.717, 1.165) is 23.2 Å². The van der Waals surface area contributed by atoms with Crippen LogP contribution in [0.25, 0.3) is 0 Å². The molecule has 0 aromatic heterocycles. The van der Waals surface area contributed by atoms with Gasteiger partial charge >= 0.3 is 0 Å². The number of halogens is 1. The summed E-state index contributed by atoms with van der Waals surface area (Å²) in [6.45, 7) is 2.27. The Labute approximate surface area is 165 Å². The van der Waals surface area contributed by atoms with Crippen LogP contribution in [-0.2, 0) is 11.2 Å². The summed E-state index contributed by atoms with van der Waals surface area (Å²) >= 11 is 5.92. The second-order valence-electron chi connectivity index (χ2n) is 6.52. The molecule has 3 aromatic rings. The molecule has 0 aliphatic heterocycles. The van der Waals surface area contributed by atoms with Crippen LogP contribution in [0.1, 0.15) is 29.7 Å². The molecule has 3 nitrogen and oxygen atoms in total. The van der Waals surface area contributed by atoms with Gasteiger partial charge in [0.15, 0.2) is 0 Å². The van der Waals surface area contributed by atoms with E-state index < -0.39 is 0 Å². The molecule has 0 saturated heterocycles. The van der Waals surface area contributed by atoms with Crippen LogP contribution in [0.5, 0.6) is 0 Å². The Hall–Kier alpha value is -2.62. The van der Waals surface area contributed by atoms with Crippen molar-refractivity contribution >= 4 is 23.2 Å². The third-order valence-corrected chi connectivity index (χ3v) is 4.72. The summed E-state index contributed by atoms with van der Waals surface area (Å²) in [5.74, 6) is -0.0590. The summed E-state index contributed by atoms with van der Waals surface area (Å²) in [4.78, 5) is 12.4. The molecule has 27 heavy (non-hydrogen) atoms. The second kappa shape index (κ2) is 9.36. The normalized spacial score (nSPS) is 11.8. The van der Waals surface area contributed by atoms with E-state index in [1.807, 2.05) is 73.7 Å². The first-order valence-electron chi connectivity index (χ1n) is 9.02. The van der Waals surface area contributed by atoms with Gasteiger partial charge < -0.3 is 10.6 Å². The second-order valence-corrected chi connectivity index (χ2v) is 6.96. The maximum Gasteiger partial charge on any atom is 0.238 e. The monoisotopic (exact) mass is 378 g/mol. The summed E-state index contributed by atoms with van der Waals surface area (Å²) in [5, 5.41) is 6.98. The van der Waals surface area contributed by atoms with E-state index in [2.05, 4.69) is 22.8 Å². The lowest BCUT2D eigenvalue weighted by Crippen LogP contribution is -2.30. The minimum Gasteiger partial charge on any atom is -0.325 e. The van der Waals surface area contributed by atoms with Gasteiger partial charge in [0, 0.05) is 16.8 Å². The number of benzene rings is 3. The molecule has 4 heteroatoms. The summed E-state index contributed by atoms with van der Waals surface area (Å²) < 4.78 is 0. The molecule has 1 atom stereocenters. The van der Waals surface area contributed by atoms with Crippen LogP contribution >= 0.6 is 11.6 Å². The van der Waals surface area contributed by atoms with Gasteiger partial charge in [-0.15, -0.1) is 0 Å². The molecule has 1 amide bonds. The zero-order valence-electron chi connectivity index (χ0n) is 15.3. The van der Waals surface area contributed by atoms with Crippen molar-refractivity contribution in [2.45, 2.75) is 19.4 Å². The van der Waals surface area contributed by atoms with Crippen molar-refractivity contribution < 1.29 is 4.79 Å². The summed E-state index contributed by atoms with van der Waals surface area (Å²) in [5.41, 5.74) is 4.26. The number of hydrogen-bond acceptors (Lipinski definition) is 2. The van der Waals surface area contributed by atoms with Gasteiger partial charge in [-0.2, -0.15) is 0 Å². The lowest BCUT2D eigenvalue weighted by molar-refractivity contribution is -0.115. The third-order valence-electron chi connectivity index (χ3n) is 4.47. The molecule has 3 rings (SSSR count). The number of para-hydroxylation sites is 1. The lowest BCUT2D eigenvalue weighted by Gasteiger charge is -2.15. The van der Waals surface area contributed by atoms with Crippen molar-refractivity contribution in [3.63, 3.8) is 0 Å². The maximum atomic E-state index is 12.4. The highest BCUT2D eigenvalue weighted by Crippen LogP contribution is 2.19. The third kappa shape index (κ3) is 5.68. The SMILES string of the molecule is C[C@@H](NCC(=O)Nc1ccccc1Cc1ccccc1)c1ccc(Cl)cc1. The molecule has 2 N–H and O–H groups in total. The highest BCUT2D eigenvalue weighted by molar-refractivity contribution is 6.30.